The first-order chi connectivity index (χ1) is 12.5. The molecule has 4 rings (SSSR count). The maximum atomic E-state index is 13.2. The van der Waals surface area contributed by atoms with E-state index < -0.39 is 25.8 Å². The molecule has 0 aliphatic carbocycles. The third kappa shape index (κ3) is 2.74. The Bertz CT molecular complexity index is 924. The fourth-order valence-corrected chi connectivity index (χ4v) is 6.39. The van der Waals surface area contributed by atoms with Crippen LogP contribution in [0, 0.1) is 0 Å². The second-order valence-corrected chi connectivity index (χ2v) is 11.3. The SMILES string of the molecule is CC1CC(C)(C)N2C(=O)C(Cl)(Cl)c3cc(S(=O)(=O)N4CCOCC4)cc1c32. The number of sulfonamides is 1. The third-order valence-electron chi connectivity index (χ3n) is 5.70. The number of benzene rings is 1. The van der Waals surface area contributed by atoms with Gasteiger partial charge in [-0.2, -0.15) is 4.31 Å². The lowest BCUT2D eigenvalue weighted by Gasteiger charge is -2.44. The van der Waals surface area contributed by atoms with Gasteiger partial charge in [0.25, 0.3) is 5.91 Å². The zero-order chi connectivity index (χ0) is 19.8. The van der Waals surface area contributed by atoms with Crippen molar-refractivity contribution in [1.29, 1.82) is 0 Å². The van der Waals surface area contributed by atoms with Crippen LogP contribution < -0.4 is 4.90 Å². The normalized spacial score (nSPS) is 26.9. The first-order valence-corrected chi connectivity index (χ1v) is 11.2. The molecule has 148 valence electrons. The number of carbonyl (C=O) groups is 1. The Kier molecular flexibility index (Phi) is 4.37. The highest BCUT2D eigenvalue weighted by Gasteiger charge is 2.56. The van der Waals surface area contributed by atoms with Crippen molar-refractivity contribution in [2.75, 3.05) is 31.2 Å². The quantitative estimate of drug-likeness (QED) is 0.673. The molecule has 1 atom stereocenters. The Balaban J connectivity index is 1.92. The Labute approximate surface area is 169 Å². The number of anilines is 1. The van der Waals surface area contributed by atoms with Gasteiger partial charge in [-0.3, -0.25) is 4.79 Å². The predicted octanol–water partition coefficient (Wildman–Crippen LogP) is 2.97. The van der Waals surface area contributed by atoms with Crippen LogP contribution in [0.3, 0.4) is 0 Å². The van der Waals surface area contributed by atoms with Gasteiger partial charge in [-0.1, -0.05) is 30.1 Å². The highest BCUT2D eigenvalue weighted by molar-refractivity contribution is 7.89. The van der Waals surface area contributed by atoms with E-state index in [2.05, 4.69) is 0 Å². The van der Waals surface area contributed by atoms with Crippen LogP contribution in [0.5, 0.6) is 0 Å². The van der Waals surface area contributed by atoms with Crippen molar-refractivity contribution in [3.05, 3.63) is 23.3 Å². The highest BCUT2D eigenvalue weighted by atomic mass is 35.5. The lowest BCUT2D eigenvalue weighted by molar-refractivity contribution is -0.119. The standard InChI is InChI=1S/C18H22Cl2N2O4S/c1-11-10-17(2,3)22-15-13(11)8-12(9-14(15)18(19,20)16(22)23)27(24,25)21-4-6-26-7-5-21/h8-9,11H,4-7,10H2,1-3H3. The Morgan fingerprint density at radius 3 is 2.44 bits per heavy atom. The fraction of sp³-hybridized carbons (Fsp3) is 0.611. The summed E-state index contributed by atoms with van der Waals surface area (Å²) >= 11 is 12.9. The van der Waals surface area contributed by atoms with Crippen LogP contribution in [-0.2, 0) is 23.9 Å². The molecule has 1 aromatic rings. The maximum absolute atomic E-state index is 13.2. The molecule has 0 bridgehead atoms. The van der Waals surface area contributed by atoms with Crippen LogP contribution in [-0.4, -0.2) is 50.5 Å². The predicted molar refractivity (Wildman–Crippen MR) is 104 cm³/mol. The van der Waals surface area contributed by atoms with E-state index in [0.717, 1.165) is 5.56 Å². The summed E-state index contributed by atoms with van der Waals surface area (Å²) in [6.45, 7) is 7.31. The molecule has 1 amide bonds. The summed E-state index contributed by atoms with van der Waals surface area (Å²) in [5.74, 6) is -0.347. The van der Waals surface area contributed by atoms with Gasteiger partial charge in [0.05, 0.1) is 23.8 Å². The molecule has 27 heavy (non-hydrogen) atoms. The lowest BCUT2D eigenvalue weighted by Crippen LogP contribution is -2.51. The van der Waals surface area contributed by atoms with Crippen LogP contribution in [0.25, 0.3) is 0 Å². The van der Waals surface area contributed by atoms with Gasteiger partial charge in [-0.05, 0) is 43.9 Å². The maximum Gasteiger partial charge on any atom is 0.268 e. The number of carbonyl (C=O) groups excluding carboxylic acids is 1. The van der Waals surface area contributed by atoms with E-state index in [1.54, 1.807) is 11.0 Å². The minimum Gasteiger partial charge on any atom is -0.379 e. The number of rotatable bonds is 2. The van der Waals surface area contributed by atoms with Gasteiger partial charge in [0, 0.05) is 24.2 Å². The van der Waals surface area contributed by atoms with Crippen LogP contribution in [0.4, 0.5) is 5.69 Å². The number of morpholine rings is 1. The molecule has 3 aliphatic rings. The Hall–Kier alpha value is -0.860. The zero-order valence-corrected chi connectivity index (χ0v) is 17.8. The lowest BCUT2D eigenvalue weighted by atomic mass is 9.80. The van der Waals surface area contributed by atoms with Crippen LogP contribution >= 0.6 is 23.2 Å². The number of hydrogen-bond donors (Lipinski definition) is 0. The van der Waals surface area contributed by atoms with E-state index in [1.807, 2.05) is 20.8 Å². The number of hydrogen-bond acceptors (Lipinski definition) is 4. The van der Waals surface area contributed by atoms with E-state index in [4.69, 9.17) is 27.9 Å². The second-order valence-electron chi connectivity index (χ2n) is 8.06. The number of halogens is 2. The molecule has 0 N–H and O–H groups in total. The van der Waals surface area contributed by atoms with Crippen molar-refractivity contribution in [3.8, 4) is 0 Å². The van der Waals surface area contributed by atoms with Crippen molar-refractivity contribution in [1.82, 2.24) is 4.31 Å². The molecule has 9 heteroatoms. The summed E-state index contributed by atoms with van der Waals surface area (Å²) in [6.07, 6.45) is 0.691. The van der Waals surface area contributed by atoms with Crippen molar-refractivity contribution >= 4 is 44.8 Å². The largest absolute Gasteiger partial charge is 0.379 e. The van der Waals surface area contributed by atoms with E-state index in [9.17, 15) is 13.2 Å². The van der Waals surface area contributed by atoms with Crippen LogP contribution in [0.2, 0.25) is 0 Å². The molecule has 0 saturated carbocycles. The number of alkyl halides is 2. The van der Waals surface area contributed by atoms with Gasteiger partial charge in [0.1, 0.15) is 0 Å². The molecule has 0 spiro atoms. The van der Waals surface area contributed by atoms with Gasteiger partial charge >= 0.3 is 0 Å². The minimum atomic E-state index is -3.72. The van der Waals surface area contributed by atoms with E-state index in [1.165, 1.54) is 10.4 Å². The van der Waals surface area contributed by atoms with E-state index in [0.29, 0.717) is 44.0 Å². The Morgan fingerprint density at radius 2 is 1.81 bits per heavy atom. The van der Waals surface area contributed by atoms with Crippen molar-refractivity contribution < 1.29 is 17.9 Å². The van der Waals surface area contributed by atoms with Crippen molar-refractivity contribution in [2.45, 2.75) is 47.9 Å². The number of ether oxygens (including phenoxy) is 1. The van der Waals surface area contributed by atoms with Gasteiger partial charge < -0.3 is 9.64 Å². The number of nitrogens with zero attached hydrogens (tertiary/aromatic N) is 2. The first-order valence-electron chi connectivity index (χ1n) is 8.97. The first kappa shape index (κ1) is 19.5. The molecular weight excluding hydrogens is 411 g/mol. The third-order valence-corrected chi connectivity index (χ3v) is 8.30. The van der Waals surface area contributed by atoms with E-state index in [-0.39, 0.29) is 10.8 Å². The van der Waals surface area contributed by atoms with Gasteiger partial charge in [-0.15, -0.1) is 0 Å². The summed E-state index contributed by atoms with van der Waals surface area (Å²) in [7, 11) is -3.72. The molecule has 3 heterocycles. The smallest absolute Gasteiger partial charge is 0.268 e. The average Bonchev–Trinajstić information content (AvgIpc) is 2.81. The molecule has 1 fully saturated rings. The molecule has 3 aliphatic heterocycles. The van der Waals surface area contributed by atoms with Gasteiger partial charge in [0.15, 0.2) is 0 Å². The van der Waals surface area contributed by atoms with Crippen molar-refractivity contribution in [2.24, 2.45) is 0 Å². The highest BCUT2D eigenvalue weighted by Crippen LogP contribution is 2.57. The average molecular weight is 433 g/mol. The fourth-order valence-electron chi connectivity index (χ4n) is 4.46. The van der Waals surface area contributed by atoms with Crippen molar-refractivity contribution in [3.63, 3.8) is 0 Å². The summed E-state index contributed by atoms with van der Waals surface area (Å²) < 4.78 is 31.2. The molecule has 1 aromatic carbocycles. The second kappa shape index (κ2) is 6.07. The van der Waals surface area contributed by atoms with E-state index >= 15 is 0 Å². The van der Waals surface area contributed by atoms with Crippen LogP contribution in [0.15, 0.2) is 17.0 Å². The van der Waals surface area contributed by atoms with Gasteiger partial charge in [-0.25, -0.2) is 8.42 Å². The minimum absolute atomic E-state index is 0.0693. The molecular formula is C18H22Cl2N2O4S. The number of amides is 1. The molecule has 1 saturated heterocycles. The molecule has 0 radical (unpaired) electrons. The summed E-state index contributed by atoms with van der Waals surface area (Å²) in [5, 5.41) is 0. The van der Waals surface area contributed by atoms with Crippen LogP contribution in [0.1, 0.15) is 44.2 Å². The summed E-state index contributed by atoms with van der Waals surface area (Å²) in [6, 6.07) is 3.15. The molecule has 0 aromatic heterocycles. The van der Waals surface area contributed by atoms with Gasteiger partial charge in [0.2, 0.25) is 14.4 Å². The zero-order valence-electron chi connectivity index (χ0n) is 15.5. The topological polar surface area (TPSA) is 66.9 Å². The molecule has 6 nitrogen and oxygen atoms in total. The summed E-state index contributed by atoms with van der Waals surface area (Å²) in [4.78, 5) is 14.7. The molecule has 1 unspecified atom stereocenters. The summed E-state index contributed by atoms with van der Waals surface area (Å²) in [5.41, 5.74) is 1.37. The Morgan fingerprint density at radius 1 is 1.19 bits per heavy atom. The monoisotopic (exact) mass is 432 g/mol.